The highest BCUT2D eigenvalue weighted by Gasteiger charge is 2.18. The third kappa shape index (κ3) is 5.02. The monoisotopic (exact) mass is 325 g/mol. The first-order valence-electron chi connectivity index (χ1n) is 6.99. The Bertz CT molecular complexity index is 574. The Morgan fingerprint density at radius 2 is 2.19 bits per heavy atom. The Morgan fingerprint density at radius 3 is 2.86 bits per heavy atom. The van der Waals surface area contributed by atoms with Crippen LogP contribution < -0.4 is 5.73 Å². The molecule has 0 aliphatic rings. The molecule has 1 atom stereocenters. The van der Waals surface area contributed by atoms with Gasteiger partial charge in [-0.1, -0.05) is 36.7 Å². The van der Waals surface area contributed by atoms with Crippen molar-refractivity contribution in [1.29, 1.82) is 0 Å². The van der Waals surface area contributed by atoms with Crippen LogP contribution in [0.1, 0.15) is 37.9 Å². The molecule has 1 unspecified atom stereocenters. The lowest BCUT2D eigenvalue weighted by Gasteiger charge is -2.11. The zero-order valence-corrected chi connectivity index (χ0v) is 13.8. The maximum absolute atomic E-state index is 5.96. The summed E-state index contributed by atoms with van der Waals surface area (Å²) >= 11 is 7.60. The van der Waals surface area contributed by atoms with E-state index in [0.717, 1.165) is 16.3 Å². The van der Waals surface area contributed by atoms with Gasteiger partial charge in [0, 0.05) is 16.5 Å². The van der Waals surface area contributed by atoms with E-state index in [4.69, 9.17) is 21.9 Å². The van der Waals surface area contributed by atoms with Crippen LogP contribution in [-0.2, 0) is 5.75 Å². The van der Waals surface area contributed by atoms with Crippen molar-refractivity contribution >= 4 is 23.4 Å². The minimum absolute atomic E-state index is 0.141. The van der Waals surface area contributed by atoms with Gasteiger partial charge in [0.05, 0.1) is 11.7 Å². The lowest BCUT2D eigenvalue weighted by Crippen LogP contribution is -2.15. The fourth-order valence-electron chi connectivity index (χ4n) is 2.06. The van der Waals surface area contributed by atoms with Crippen molar-refractivity contribution in [3.63, 3.8) is 0 Å². The predicted molar refractivity (Wildman–Crippen MR) is 86.6 cm³/mol. The largest absolute Gasteiger partial charge is 0.339 e. The smallest absolute Gasteiger partial charge is 0.231 e. The average Bonchev–Trinajstić information content (AvgIpc) is 2.91. The molecule has 1 aromatic carbocycles. The quantitative estimate of drug-likeness (QED) is 0.776. The fourth-order valence-corrected chi connectivity index (χ4v) is 3.12. The van der Waals surface area contributed by atoms with Gasteiger partial charge in [-0.25, -0.2) is 0 Å². The van der Waals surface area contributed by atoms with Crippen LogP contribution in [0.5, 0.6) is 0 Å². The van der Waals surface area contributed by atoms with Gasteiger partial charge in [0.25, 0.3) is 0 Å². The molecule has 0 spiro atoms. The molecule has 2 N–H and O–H groups in total. The van der Waals surface area contributed by atoms with Crippen molar-refractivity contribution in [2.45, 2.75) is 36.8 Å². The highest BCUT2D eigenvalue weighted by Crippen LogP contribution is 2.26. The molecule has 6 heteroatoms. The van der Waals surface area contributed by atoms with Crippen molar-refractivity contribution < 1.29 is 4.52 Å². The molecule has 4 nitrogen and oxygen atoms in total. The second-order valence-corrected chi connectivity index (χ2v) is 6.84. The molecule has 0 aliphatic heterocycles. The van der Waals surface area contributed by atoms with Crippen LogP contribution in [0.4, 0.5) is 0 Å². The molecule has 0 bridgehead atoms. The number of benzene rings is 1. The minimum atomic E-state index is 0.141. The summed E-state index contributed by atoms with van der Waals surface area (Å²) in [5.41, 5.74) is 5.80. The first-order chi connectivity index (χ1) is 10.1. The van der Waals surface area contributed by atoms with Gasteiger partial charge in [0.1, 0.15) is 0 Å². The van der Waals surface area contributed by atoms with Gasteiger partial charge in [-0.3, -0.25) is 0 Å². The average molecular weight is 326 g/mol. The summed E-state index contributed by atoms with van der Waals surface area (Å²) in [6.45, 7) is 4.85. The number of nitrogens with two attached hydrogens (primary N) is 1. The number of nitrogens with zero attached hydrogens (tertiary/aromatic N) is 2. The van der Waals surface area contributed by atoms with E-state index in [1.165, 1.54) is 0 Å². The van der Waals surface area contributed by atoms with Gasteiger partial charge in [-0.2, -0.15) is 4.98 Å². The van der Waals surface area contributed by atoms with Gasteiger partial charge in [0.15, 0.2) is 5.82 Å². The maximum atomic E-state index is 5.96. The third-order valence-electron chi connectivity index (χ3n) is 3.04. The highest BCUT2D eigenvalue weighted by atomic mass is 35.5. The Kier molecular flexibility index (Phi) is 6.08. The first-order valence-corrected chi connectivity index (χ1v) is 8.35. The number of thioether (sulfide) groups is 1. The van der Waals surface area contributed by atoms with Crippen LogP contribution in [0.3, 0.4) is 0 Å². The normalized spacial score (nSPS) is 12.8. The zero-order valence-electron chi connectivity index (χ0n) is 12.3. The first kappa shape index (κ1) is 16.3. The maximum Gasteiger partial charge on any atom is 0.231 e. The number of hydrogen-bond acceptors (Lipinski definition) is 5. The van der Waals surface area contributed by atoms with E-state index in [1.54, 1.807) is 11.8 Å². The SMILES string of the molecule is CC(C)CC(CN)c1nc(CSc2cccc(Cl)c2)no1. The highest BCUT2D eigenvalue weighted by molar-refractivity contribution is 7.98. The molecular formula is C15H20ClN3OS. The Hall–Kier alpha value is -1.04. The molecule has 0 radical (unpaired) electrons. The van der Waals surface area contributed by atoms with Crippen molar-refractivity contribution in [3.05, 3.63) is 41.0 Å². The van der Waals surface area contributed by atoms with E-state index in [2.05, 4.69) is 24.0 Å². The molecule has 21 heavy (non-hydrogen) atoms. The van der Waals surface area contributed by atoms with Crippen molar-refractivity contribution in [1.82, 2.24) is 10.1 Å². The summed E-state index contributed by atoms with van der Waals surface area (Å²) in [7, 11) is 0. The van der Waals surface area contributed by atoms with E-state index in [-0.39, 0.29) is 5.92 Å². The second-order valence-electron chi connectivity index (χ2n) is 5.36. The lowest BCUT2D eigenvalue weighted by molar-refractivity contribution is 0.332. The summed E-state index contributed by atoms with van der Waals surface area (Å²) in [5, 5.41) is 4.76. The molecule has 114 valence electrons. The van der Waals surface area contributed by atoms with E-state index in [9.17, 15) is 0 Å². The lowest BCUT2D eigenvalue weighted by atomic mass is 9.97. The minimum Gasteiger partial charge on any atom is -0.339 e. The number of halogens is 1. The van der Waals surface area contributed by atoms with Crippen molar-refractivity contribution in [2.24, 2.45) is 11.7 Å². The summed E-state index contributed by atoms with van der Waals surface area (Å²) in [6, 6.07) is 7.73. The van der Waals surface area contributed by atoms with Crippen LogP contribution in [0.25, 0.3) is 0 Å². The number of rotatable bonds is 7. The molecule has 0 amide bonds. The van der Waals surface area contributed by atoms with Gasteiger partial charge >= 0.3 is 0 Å². The predicted octanol–water partition coefficient (Wildman–Crippen LogP) is 4.10. The van der Waals surface area contributed by atoms with Gasteiger partial charge in [-0.05, 0) is 30.5 Å². The molecular weight excluding hydrogens is 306 g/mol. The Morgan fingerprint density at radius 1 is 1.38 bits per heavy atom. The summed E-state index contributed by atoms with van der Waals surface area (Å²) in [4.78, 5) is 5.55. The van der Waals surface area contributed by atoms with Gasteiger partial charge in [0.2, 0.25) is 5.89 Å². The molecule has 1 heterocycles. The van der Waals surface area contributed by atoms with Gasteiger partial charge < -0.3 is 10.3 Å². The van der Waals surface area contributed by atoms with E-state index < -0.39 is 0 Å². The second kappa shape index (κ2) is 7.82. The van der Waals surface area contributed by atoms with Crippen LogP contribution in [0, 0.1) is 5.92 Å². The van der Waals surface area contributed by atoms with Crippen molar-refractivity contribution in [2.75, 3.05) is 6.54 Å². The van der Waals surface area contributed by atoms with Crippen LogP contribution in [0.15, 0.2) is 33.7 Å². The number of aromatic nitrogens is 2. The van der Waals surface area contributed by atoms with E-state index in [1.807, 2.05) is 24.3 Å². The standard InChI is InChI=1S/C15H20ClN3OS/c1-10(2)6-11(8-17)15-18-14(19-20-15)9-21-13-5-3-4-12(16)7-13/h3-5,7,10-11H,6,8-9,17H2,1-2H3. The Balaban J connectivity index is 1.96. The summed E-state index contributed by atoms with van der Waals surface area (Å²) in [5.74, 6) is 2.69. The zero-order chi connectivity index (χ0) is 15.2. The van der Waals surface area contributed by atoms with Crippen molar-refractivity contribution in [3.8, 4) is 0 Å². The third-order valence-corrected chi connectivity index (χ3v) is 4.26. The number of hydrogen-bond donors (Lipinski definition) is 1. The topological polar surface area (TPSA) is 64.9 Å². The summed E-state index contributed by atoms with van der Waals surface area (Å²) < 4.78 is 5.35. The van der Waals surface area contributed by atoms with E-state index in [0.29, 0.717) is 29.9 Å². The molecule has 0 fully saturated rings. The van der Waals surface area contributed by atoms with Crippen LogP contribution in [-0.4, -0.2) is 16.7 Å². The van der Waals surface area contributed by atoms with Crippen LogP contribution >= 0.6 is 23.4 Å². The molecule has 1 aromatic heterocycles. The summed E-state index contributed by atoms with van der Waals surface area (Å²) in [6.07, 6.45) is 0.958. The fraction of sp³-hybridized carbons (Fsp3) is 0.467. The Labute approximate surface area is 134 Å². The molecule has 0 saturated heterocycles. The van der Waals surface area contributed by atoms with Crippen LogP contribution in [0.2, 0.25) is 5.02 Å². The van der Waals surface area contributed by atoms with E-state index >= 15 is 0 Å². The molecule has 2 aromatic rings. The van der Waals surface area contributed by atoms with Gasteiger partial charge in [-0.15, -0.1) is 11.8 Å². The molecule has 0 saturated carbocycles. The molecule has 0 aliphatic carbocycles. The molecule has 2 rings (SSSR count).